The number of carbonyl (C=O) groups is 2. The van der Waals surface area contributed by atoms with E-state index < -0.39 is 0 Å². The van der Waals surface area contributed by atoms with Crippen LogP contribution in [0, 0.1) is 6.92 Å². The van der Waals surface area contributed by atoms with Crippen LogP contribution in [-0.2, 0) is 9.59 Å². The van der Waals surface area contributed by atoms with E-state index in [2.05, 4.69) is 0 Å². The van der Waals surface area contributed by atoms with Crippen LogP contribution in [0.5, 0.6) is 5.75 Å². The molecule has 3 rings (SSSR count). The average molecular weight is 413 g/mol. The Morgan fingerprint density at radius 1 is 1.10 bits per heavy atom. The largest absolute Gasteiger partial charge is 0.493 e. The van der Waals surface area contributed by atoms with Crippen LogP contribution in [0.1, 0.15) is 24.8 Å². The molecule has 0 saturated heterocycles. The van der Waals surface area contributed by atoms with Crippen LogP contribution in [0.2, 0.25) is 0 Å². The van der Waals surface area contributed by atoms with Gasteiger partial charge in [-0.2, -0.15) is 0 Å². The van der Waals surface area contributed by atoms with Crippen molar-refractivity contribution in [1.82, 2.24) is 4.90 Å². The number of rotatable bonds is 8. The van der Waals surface area contributed by atoms with Crippen molar-refractivity contribution in [3.8, 4) is 5.75 Å². The maximum atomic E-state index is 12.7. The van der Waals surface area contributed by atoms with Crippen LogP contribution in [0.25, 0.3) is 0 Å². The standard InChI is InChI=1S/C23H28N2O3S/c1-18-8-3-5-10-20(18)28-16-7-14-24(2)22(26)12-13-23(27)25-15-17-29-21-11-6-4-9-19(21)25/h3-6,8-11H,7,12-17H2,1-2H3. The Hall–Kier alpha value is -2.47. The first-order chi connectivity index (χ1) is 14.1. The third-order valence-electron chi connectivity index (χ3n) is 5.00. The van der Waals surface area contributed by atoms with Crippen LogP contribution in [0.15, 0.2) is 53.4 Å². The number of anilines is 1. The molecule has 0 saturated carbocycles. The van der Waals surface area contributed by atoms with Gasteiger partial charge < -0.3 is 14.5 Å². The van der Waals surface area contributed by atoms with Crippen LogP contribution >= 0.6 is 11.8 Å². The highest BCUT2D eigenvalue weighted by Gasteiger charge is 2.23. The molecule has 2 amide bonds. The molecule has 154 valence electrons. The maximum Gasteiger partial charge on any atom is 0.227 e. The number of nitrogens with zero attached hydrogens (tertiary/aromatic N) is 2. The molecule has 6 heteroatoms. The van der Waals surface area contributed by atoms with Crippen molar-refractivity contribution in [2.75, 3.05) is 37.4 Å². The van der Waals surface area contributed by atoms with E-state index in [1.807, 2.05) is 60.4 Å². The van der Waals surface area contributed by atoms with Gasteiger partial charge in [-0.05, 0) is 37.1 Å². The Morgan fingerprint density at radius 3 is 2.69 bits per heavy atom. The lowest BCUT2D eigenvalue weighted by atomic mass is 10.2. The number of amides is 2. The molecule has 0 atom stereocenters. The van der Waals surface area contributed by atoms with Gasteiger partial charge in [0.1, 0.15) is 5.75 Å². The van der Waals surface area contributed by atoms with E-state index in [4.69, 9.17) is 4.74 Å². The van der Waals surface area contributed by atoms with Crippen molar-refractivity contribution in [3.63, 3.8) is 0 Å². The number of para-hydroxylation sites is 2. The van der Waals surface area contributed by atoms with Crippen molar-refractivity contribution in [3.05, 3.63) is 54.1 Å². The fraction of sp³-hybridized carbons (Fsp3) is 0.391. The predicted molar refractivity (Wildman–Crippen MR) is 118 cm³/mol. The molecule has 2 aromatic carbocycles. The molecule has 0 bridgehead atoms. The van der Waals surface area contributed by atoms with Gasteiger partial charge in [0.2, 0.25) is 11.8 Å². The lowest BCUT2D eigenvalue weighted by molar-refractivity contribution is -0.132. The van der Waals surface area contributed by atoms with E-state index in [0.717, 1.165) is 34.1 Å². The summed E-state index contributed by atoms with van der Waals surface area (Å²) < 4.78 is 5.78. The van der Waals surface area contributed by atoms with Gasteiger partial charge in [0.05, 0.1) is 12.3 Å². The minimum atomic E-state index is -0.00564. The van der Waals surface area contributed by atoms with E-state index in [9.17, 15) is 9.59 Å². The van der Waals surface area contributed by atoms with Crippen molar-refractivity contribution in [1.29, 1.82) is 0 Å². The summed E-state index contributed by atoms with van der Waals surface area (Å²) in [6.45, 7) is 3.88. The number of carbonyl (C=O) groups excluding carboxylic acids is 2. The Kier molecular flexibility index (Phi) is 7.58. The minimum Gasteiger partial charge on any atom is -0.493 e. The van der Waals surface area contributed by atoms with E-state index in [1.165, 1.54) is 0 Å². The lowest BCUT2D eigenvalue weighted by Crippen LogP contribution is -2.36. The molecule has 1 heterocycles. The molecule has 0 aliphatic carbocycles. The summed E-state index contributed by atoms with van der Waals surface area (Å²) in [5.41, 5.74) is 2.07. The first-order valence-electron chi connectivity index (χ1n) is 10.0. The van der Waals surface area contributed by atoms with E-state index in [0.29, 0.717) is 19.7 Å². The normalized spacial score (nSPS) is 13.0. The van der Waals surface area contributed by atoms with Gasteiger partial charge in [0, 0.05) is 43.6 Å². The number of benzene rings is 2. The second kappa shape index (κ2) is 10.3. The first kappa shape index (κ1) is 21.2. The summed E-state index contributed by atoms with van der Waals surface area (Å²) in [4.78, 5) is 29.7. The van der Waals surface area contributed by atoms with Gasteiger partial charge in [0.25, 0.3) is 0 Å². The van der Waals surface area contributed by atoms with Gasteiger partial charge in [-0.25, -0.2) is 0 Å². The smallest absolute Gasteiger partial charge is 0.227 e. The van der Waals surface area contributed by atoms with Crippen molar-refractivity contribution in [2.45, 2.75) is 31.1 Å². The molecule has 0 spiro atoms. The molecule has 0 fully saturated rings. The van der Waals surface area contributed by atoms with Crippen LogP contribution in [0.3, 0.4) is 0 Å². The number of fused-ring (bicyclic) bond motifs is 1. The predicted octanol–water partition coefficient (Wildman–Crippen LogP) is 4.14. The zero-order valence-corrected chi connectivity index (χ0v) is 17.9. The summed E-state index contributed by atoms with van der Waals surface area (Å²) >= 11 is 1.77. The van der Waals surface area contributed by atoms with Gasteiger partial charge in [-0.1, -0.05) is 30.3 Å². The second-order valence-corrected chi connectivity index (χ2v) is 8.28. The lowest BCUT2D eigenvalue weighted by Gasteiger charge is -2.29. The fourth-order valence-electron chi connectivity index (χ4n) is 3.30. The van der Waals surface area contributed by atoms with Gasteiger partial charge in [-0.15, -0.1) is 11.8 Å². The zero-order chi connectivity index (χ0) is 20.6. The fourth-order valence-corrected chi connectivity index (χ4v) is 4.29. The second-order valence-electron chi connectivity index (χ2n) is 7.14. The molecule has 5 nitrogen and oxygen atoms in total. The number of ether oxygens (including phenoxy) is 1. The first-order valence-corrected chi connectivity index (χ1v) is 11.0. The highest BCUT2D eigenvalue weighted by Crippen LogP contribution is 2.34. The third-order valence-corrected chi connectivity index (χ3v) is 6.04. The summed E-state index contributed by atoms with van der Waals surface area (Å²) in [5, 5.41) is 0. The Bertz CT molecular complexity index is 856. The highest BCUT2D eigenvalue weighted by molar-refractivity contribution is 7.99. The van der Waals surface area contributed by atoms with E-state index in [-0.39, 0.29) is 24.7 Å². The van der Waals surface area contributed by atoms with E-state index in [1.54, 1.807) is 23.7 Å². The van der Waals surface area contributed by atoms with Gasteiger partial charge in [-0.3, -0.25) is 9.59 Å². The monoisotopic (exact) mass is 412 g/mol. The molecule has 1 aliphatic heterocycles. The Balaban J connectivity index is 1.40. The summed E-state index contributed by atoms with van der Waals surface area (Å²) in [7, 11) is 1.79. The highest BCUT2D eigenvalue weighted by atomic mass is 32.2. The SMILES string of the molecule is Cc1ccccc1OCCCN(C)C(=O)CCC(=O)N1CCSc2ccccc21. The van der Waals surface area contributed by atoms with Crippen molar-refractivity contribution < 1.29 is 14.3 Å². The molecule has 29 heavy (non-hydrogen) atoms. The zero-order valence-electron chi connectivity index (χ0n) is 17.1. The molecule has 0 radical (unpaired) electrons. The molecule has 0 aromatic heterocycles. The molecule has 0 N–H and O–H groups in total. The van der Waals surface area contributed by atoms with Crippen molar-refractivity contribution >= 4 is 29.3 Å². The van der Waals surface area contributed by atoms with Crippen LogP contribution in [-0.4, -0.2) is 49.2 Å². The number of aryl methyl sites for hydroxylation is 1. The molecule has 0 unspecified atom stereocenters. The van der Waals surface area contributed by atoms with E-state index >= 15 is 0 Å². The third kappa shape index (κ3) is 5.76. The van der Waals surface area contributed by atoms with Crippen LogP contribution < -0.4 is 9.64 Å². The molecule has 2 aromatic rings. The number of hydrogen-bond acceptors (Lipinski definition) is 4. The summed E-state index contributed by atoms with van der Waals surface area (Å²) in [5.74, 6) is 1.78. The number of hydrogen-bond donors (Lipinski definition) is 0. The molecular formula is C23H28N2O3S. The average Bonchev–Trinajstić information content (AvgIpc) is 2.75. The number of thioether (sulfide) groups is 1. The van der Waals surface area contributed by atoms with Crippen LogP contribution in [0.4, 0.5) is 5.69 Å². The Morgan fingerprint density at radius 2 is 1.86 bits per heavy atom. The van der Waals surface area contributed by atoms with Gasteiger partial charge in [0.15, 0.2) is 0 Å². The quantitative estimate of drug-likeness (QED) is 0.612. The topological polar surface area (TPSA) is 49.9 Å². The maximum absolute atomic E-state index is 12.7. The summed E-state index contributed by atoms with van der Waals surface area (Å²) in [6.07, 6.45) is 1.23. The Labute approximate surface area is 177 Å². The molecular weight excluding hydrogens is 384 g/mol. The van der Waals surface area contributed by atoms with Crippen molar-refractivity contribution in [2.24, 2.45) is 0 Å². The summed E-state index contributed by atoms with van der Waals surface area (Å²) in [6, 6.07) is 15.9. The van der Waals surface area contributed by atoms with Gasteiger partial charge >= 0.3 is 0 Å². The molecule has 1 aliphatic rings. The minimum absolute atomic E-state index is 0.00564.